The number of hydrogen-bond donors (Lipinski definition) is 2. The van der Waals surface area contributed by atoms with Gasteiger partial charge in [-0.1, -0.05) is 0 Å². The van der Waals surface area contributed by atoms with Gasteiger partial charge >= 0.3 is 6.20 Å². The largest absolute Gasteiger partial charge is 0.480 e. The molecule has 0 aliphatic carbocycles. The predicted molar refractivity (Wildman–Crippen MR) is 38.2 cm³/mol. The molecule has 6 heteroatoms. The summed E-state index contributed by atoms with van der Waals surface area (Å²) in [6.07, 6.45) is -1.57. The highest BCUT2D eigenvalue weighted by molar-refractivity contribution is 8.79. The maximum atomic E-state index is 10.1. The van der Waals surface area contributed by atoms with Gasteiger partial charge in [0.25, 0.3) is 0 Å². The third kappa shape index (κ3) is 6.27. The molecular weight excluding hydrogens is 165 g/mol. The van der Waals surface area contributed by atoms with E-state index in [2.05, 4.69) is 12.2 Å². The molecule has 2 N–H and O–H groups in total. The number of carbonyl (C=O) groups excluding carboxylic acids is 1. The van der Waals surface area contributed by atoms with Crippen molar-refractivity contribution in [2.75, 3.05) is 5.75 Å². The van der Waals surface area contributed by atoms with E-state index in [1.165, 1.54) is 0 Å². The molecule has 0 aliphatic heterocycles. The zero-order valence-corrected chi connectivity index (χ0v) is 6.51. The van der Waals surface area contributed by atoms with Crippen LogP contribution in [0.3, 0.4) is 0 Å². The van der Waals surface area contributed by atoms with Crippen LogP contribution in [0.4, 0.5) is 0 Å². The fraction of sp³-hybridized carbons (Fsp3) is 0.500. The molecule has 0 saturated heterocycles. The Morgan fingerprint density at radius 1 is 1.88 bits per heavy atom. The van der Waals surface area contributed by atoms with E-state index in [0.717, 1.165) is 11.4 Å². The average Bonchev–Trinajstić information content (AvgIpc) is 1.61. The lowest BCUT2D eigenvalue weighted by Crippen LogP contribution is -2.12. The Morgan fingerprint density at radius 2 is 2.38 bits per heavy atom. The van der Waals surface area contributed by atoms with Gasteiger partial charge in [0.1, 0.15) is 29.4 Å². The molecule has 1 unspecified atom stereocenters. The van der Waals surface area contributed by atoms with Crippen LogP contribution in [-0.2, 0) is 9.36 Å². The van der Waals surface area contributed by atoms with E-state index in [-0.39, 0.29) is 5.75 Å². The SMILES string of the molecule is NC(=O)CS[P+](=O)S. The van der Waals surface area contributed by atoms with Crippen LogP contribution in [0.5, 0.6) is 0 Å². The van der Waals surface area contributed by atoms with E-state index < -0.39 is 12.1 Å². The van der Waals surface area contributed by atoms with Crippen LogP contribution in [0.15, 0.2) is 0 Å². The van der Waals surface area contributed by atoms with Crippen molar-refractivity contribution in [3.05, 3.63) is 0 Å². The fourth-order valence-electron chi connectivity index (χ4n) is 0.119. The molecule has 0 fully saturated rings. The van der Waals surface area contributed by atoms with Crippen molar-refractivity contribution in [3.8, 4) is 0 Å². The van der Waals surface area contributed by atoms with Crippen molar-refractivity contribution in [2.24, 2.45) is 5.73 Å². The Hall–Kier alpha value is 0.270. The van der Waals surface area contributed by atoms with Crippen molar-refractivity contribution in [1.29, 1.82) is 0 Å². The monoisotopic (exact) mass is 170 g/mol. The Balaban J connectivity index is 3.18. The second-order valence-corrected chi connectivity index (χ2v) is 5.67. The number of rotatable bonds is 3. The van der Waals surface area contributed by atoms with Gasteiger partial charge in [-0.15, -0.1) is 0 Å². The second-order valence-electron chi connectivity index (χ2n) is 0.978. The van der Waals surface area contributed by atoms with Gasteiger partial charge in [-0.2, -0.15) is 0 Å². The third-order valence-electron chi connectivity index (χ3n) is 0.317. The zero-order chi connectivity index (χ0) is 6.57. The molecule has 0 saturated carbocycles. The van der Waals surface area contributed by atoms with Gasteiger partial charge in [0.15, 0.2) is 0 Å². The molecule has 3 nitrogen and oxygen atoms in total. The molecule has 0 aromatic rings. The number of amides is 1. The van der Waals surface area contributed by atoms with Crippen LogP contribution in [0.1, 0.15) is 0 Å². The van der Waals surface area contributed by atoms with Crippen LogP contribution in [-0.4, -0.2) is 11.7 Å². The normalized spacial score (nSPS) is 10.9. The van der Waals surface area contributed by atoms with Crippen molar-refractivity contribution in [2.45, 2.75) is 0 Å². The molecule has 0 aromatic heterocycles. The molecule has 0 spiro atoms. The predicted octanol–water partition coefficient (Wildman–Crippen LogP) is 0.792. The van der Waals surface area contributed by atoms with Crippen LogP contribution in [0.2, 0.25) is 0 Å². The van der Waals surface area contributed by atoms with E-state index in [4.69, 9.17) is 5.73 Å². The zero-order valence-electron chi connectivity index (χ0n) is 3.90. The van der Waals surface area contributed by atoms with Crippen LogP contribution in [0, 0.1) is 0 Å². The molecule has 1 amide bonds. The summed E-state index contributed by atoms with van der Waals surface area (Å²) in [4.78, 5) is 9.94. The van der Waals surface area contributed by atoms with E-state index in [9.17, 15) is 9.36 Å². The highest BCUT2D eigenvalue weighted by Gasteiger charge is 2.11. The van der Waals surface area contributed by atoms with Crippen molar-refractivity contribution in [1.82, 2.24) is 0 Å². The number of nitrogens with two attached hydrogens (primary N) is 1. The first-order valence-electron chi connectivity index (χ1n) is 1.70. The summed E-state index contributed by atoms with van der Waals surface area (Å²) < 4.78 is 10.1. The van der Waals surface area contributed by atoms with E-state index in [1.807, 2.05) is 0 Å². The van der Waals surface area contributed by atoms with Crippen LogP contribution in [0.25, 0.3) is 0 Å². The first kappa shape index (κ1) is 8.27. The van der Waals surface area contributed by atoms with Gasteiger partial charge in [-0.05, 0) is 4.57 Å². The van der Waals surface area contributed by atoms with Crippen LogP contribution < -0.4 is 5.73 Å². The Morgan fingerprint density at radius 3 is 2.50 bits per heavy atom. The van der Waals surface area contributed by atoms with E-state index in [0.29, 0.717) is 0 Å². The highest BCUT2D eigenvalue weighted by atomic mass is 33.1. The summed E-state index contributed by atoms with van der Waals surface area (Å²) in [7, 11) is 0. The summed E-state index contributed by atoms with van der Waals surface area (Å²) in [5.74, 6) is -0.383. The summed E-state index contributed by atoms with van der Waals surface area (Å²) in [5.41, 5.74) is 4.72. The van der Waals surface area contributed by atoms with Crippen LogP contribution >= 0.6 is 29.8 Å². The molecule has 8 heavy (non-hydrogen) atoms. The molecule has 1 atom stereocenters. The highest BCUT2D eigenvalue weighted by Crippen LogP contribution is 2.41. The first-order valence-corrected chi connectivity index (χ1v) is 5.70. The van der Waals surface area contributed by atoms with Crippen molar-refractivity contribution >= 4 is 35.7 Å². The second kappa shape index (κ2) is 4.18. The minimum absolute atomic E-state index is 0.0820. The van der Waals surface area contributed by atoms with E-state index >= 15 is 0 Å². The molecule has 46 valence electrons. The maximum Gasteiger partial charge on any atom is 0.480 e. The molecule has 0 rings (SSSR count). The molecule has 0 radical (unpaired) electrons. The van der Waals surface area contributed by atoms with E-state index in [1.54, 1.807) is 0 Å². The quantitative estimate of drug-likeness (QED) is 0.486. The summed E-state index contributed by atoms with van der Waals surface area (Å²) in [6.45, 7) is 0. The maximum absolute atomic E-state index is 10.1. The first-order chi connectivity index (χ1) is 3.63. The Kier molecular flexibility index (Phi) is 4.32. The third-order valence-corrected chi connectivity index (χ3v) is 3.04. The van der Waals surface area contributed by atoms with Gasteiger partial charge < -0.3 is 5.73 Å². The summed E-state index contributed by atoms with van der Waals surface area (Å²) in [5, 5.41) is 0. The molecule has 0 aliphatic rings. The van der Waals surface area contributed by atoms with Crippen molar-refractivity contribution < 1.29 is 9.36 Å². The van der Waals surface area contributed by atoms with Crippen molar-refractivity contribution in [3.63, 3.8) is 0 Å². The Labute approximate surface area is 57.1 Å². The number of primary amides is 1. The van der Waals surface area contributed by atoms with Gasteiger partial charge in [0, 0.05) is 0 Å². The number of thiol groups is 1. The standard InChI is InChI=1S/C2H4NO2PS2/c3-2(4)1-8-6(5)7/h1H2,(H2-,3,4,5,7)/p+1. The number of carbonyl (C=O) groups is 1. The summed E-state index contributed by atoms with van der Waals surface area (Å²) >= 11 is 4.48. The van der Waals surface area contributed by atoms with Gasteiger partial charge in [-0.3, -0.25) is 4.79 Å². The Bertz CT molecular complexity index is 103. The van der Waals surface area contributed by atoms with Gasteiger partial charge in [0.05, 0.1) is 0 Å². The van der Waals surface area contributed by atoms with Gasteiger partial charge in [0.2, 0.25) is 5.91 Å². The lowest BCUT2D eigenvalue weighted by Gasteiger charge is -1.76. The smallest absolute Gasteiger partial charge is 0.369 e. The molecule has 0 bridgehead atoms. The average molecular weight is 170 g/mol. The molecular formula is C2H5NO2PS2+. The topological polar surface area (TPSA) is 60.2 Å². The lowest BCUT2D eigenvalue weighted by molar-refractivity contribution is -0.115. The minimum atomic E-state index is -1.57. The molecule has 0 aromatic carbocycles. The molecule has 0 heterocycles. The lowest BCUT2D eigenvalue weighted by atomic mass is 10.8. The van der Waals surface area contributed by atoms with Gasteiger partial charge in [-0.25, -0.2) is 0 Å². The number of hydrogen-bond acceptors (Lipinski definition) is 3. The minimum Gasteiger partial charge on any atom is -0.369 e. The fourth-order valence-corrected chi connectivity index (χ4v) is 1.59. The summed E-state index contributed by atoms with van der Waals surface area (Å²) in [6, 6.07) is 0.